The summed E-state index contributed by atoms with van der Waals surface area (Å²) >= 11 is 0. The van der Waals surface area contributed by atoms with Gasteiger partial charge in [0.1, 0.15) is 11.6 Å². The van der Waals surface area contributed by atoms with Gasteiger partial charge < -0.3 is 0 Å². The molecule has 1 aliphatic rings. The van der Waals surface area contributed by atoms with Crippen molar-refractivity contribution in [2.24, 2.45) is 0 Å². The second-order valence-corrected chi connectivity index (χ2v) is 8.00. The van der Waals surface area contributed by atoms with Crippen molar-refractivity contribution in [3.05, 3.63) is 107 Å². The number of nitrogens with zero attached hydrogens (tertiary/aromatic N) is 2. The Hall–Kier alpha value is -3.73. The molecule has 0 amide bonds. The highest BCUT2D eigenvalue weighted by atomic mass is 19.1. The van der Waals surface area contributed by atoms with Crippen LogP contribution in [0.5, 0.6) is 0 Å². The van der Waals surface area contributed by atoms with Crippen molar-refractivity contribution < 1.29 is 13.6 Å². The largest absolute Gasteiger partial charge is 0.294 e. The van der Waals surface area contributed by atoms with E-state index in [9.17, 15) is 13.6 Å². The molecule has 5 rings (SSSR count). The number of aryl methyl sites for hydroxylation is 2. The van der Waals surface area contributed by atoms with Crippen molar-refractivity contribution in [3.63, 3.8) is 0 Å². The molecule has 0 saturated heterocycles. The second-order valence-electron chi connectivity index (χ2n) is 8.00. The molecule has 158 valence electrons. The number of ketones is 1. The van der Waals surface area contributed by atoms with Crippen molar-refractivity contribution in [1.82, 2.24) is 9.97 Å². The molecular formula is C27H20F2N2O. The summed E-state index contributed by atoms with van der Waals surface area (Å²) < 4.78 is 28.0. The van der Waals surface area contributed by atoms with Gasteiger partial charge in [-0.1, -0.05) is 24.3 Å². The minimum absolute atomic E-state index is 0.145. The Bertz CT molecular complexity index is 1300. The van der Waals surface area contributed by atoms with Crippen LogP contribution in [0.2, 0.25) is 0 Å². The first-order valence-corrected chi connectivity index (χ1v) is 10.6. The summed E-state index contributed by atoms with van der Waals surface area (Å²) in [4.78, 5) is 21.3. The first-order valence-electron chi connectivity index (χ1n) is 10.6. The average Bonchev–Trinajstić information content (AvgIpc) is 2.98. The van der Waals surface area contributed by atoms with Gasteiger partial charge in [-0.05, 0) is 71.8 Å². The second kappa shape index (κ2) is 8.42. The number of fused-ring (bicyclic) bond motifs is 3. The number of Topliss-reactive ketones (excluding diaryl/α,β-unsaturated/α-hetero) is 1. The van der Waals surface area contributed by atoms with E-state index < -0.39 is 23.0 Å². The molecule has 4 aromatic rings. The maximum atomic E-state index is 14.0. The number of pyridine rings is 2. The van der Waals surface area contributed by atoms with Crippen molar-refractivity contribution in [2.45, 2.75) is 25.7 Å². The minimum atomic E-state index is -0.846. The molecule has 0 N–H and O–H groups in total. The van der Waals surface area contributed by atoms with Gasteiger partial charge in [0.15, 0.2) is 5.78 Å². The summed E-state index contributed by atoms with van der Waals surface area (Å²) in [5.41, 5.74) is 6.66. The molecule has 0 saturated carbocycles. The molecular weight excluding hydrogens is 406 g/mol. The molecule has 0 atom stereocenters. The third kappa shape index (κ3) is 3.82. The van der Waals surface area contributed by atoms with Gasteiger partial charge in [0.25, 0.3) is 0 Å². The van der Waals surface area contributed by atoms with E-state index in [0.717, 1.165) is 59.2 Å². The topological polar surface area (TPSA) is 42.9 Å². The smallest absolute Gasteiger partial charge is 0.174 e. The zero-order chi connectivity index (χ0) is 22.1. The van der Waals surface area contributed by atoms with Gasteiger partial charge in [0.2, 0.25) is 0 Å². The van der Waals surface area contributed by atoms with E-state index in [2.05, 4.69) is 28.2 Å². The van der Waals surface area contributed by atoms with Crippen LogP contribution in [0.25, 0.3) is 22.3 Å². The number of benzene rings is 2. The Balaban J connectivity index is 1.50. The van der Waals surface area contributed by atoms with Gasteiger partial charge in [-0.2, -0.15) is 0 Å². The summed E-state index contributed by atoms with van der Waals surface area (Å²) in [5, 5.41) is 0. The predicted octanol–water partition coefficient (Wildman–Crippen LogP) is 6.00. The van der Waals surface area contributed by atoms with E-state index in [-0.39, 0.29) is 6.42 Å². The van der Waals surface area contributed by atoms with Crippen LogP contribution in [0.1, 0.15) is 33.6 Å². The Morgan fingerprint density at radius 2 is 1.66 bits per heavy atom. The maximum Gasteiger partial charge on any atom is 0.174 e. The van der Waals surface area contributed by atoms with E-state index in [1.165, 1.54) is 11.6 Å². The lowest BCUT2D eigenvalue weighted by molar-refractivity contribution is 0.0984. The normalized spacial score (nSPS) is 12.6. The Morgan fingerprint density at radius 1 is 0.844 bits per heavy atom. The molecule has 0 unspecified atom stereocenters. The van der Waals surface area contributed by atoms with Crippen molar-refractivity contribution in [3.8, 4) is 22.3 Å². The number of aromatic nitrogens is 2. The van der Waals surface area contributed by atoms with Crippen molar-refractivity contribution >= 4 is 5.78 Å². The van der Waals surface area contributed by atoms with E-state index in [4.69, 9.17) is 0 Å². The van der Waals surface area contributed by atoms with Crippen LogP contribution in [0.4, 0.5) is 8.78 Å². The molecule has 0 aliphatic heterocycles. The fourth-order valence-electron chi connectivity index (χ4n) is 4.34. The number of hydrogen-bond donors (Lipinski definition) is 0. The molecule has 2 aromatic carbocycles. The summed E-state index contributed by atoms with van der Waals surface area (Å²) in [6, 6.07) is 15.7. The highest BCUT2D eigenvalue weighted by Gasteiger charge is 2.20. The van der Waals surface area contributed by atoms with Crippen LogP contribution >= 0.6 is 0 Å². The summed E-state index contributed by atoms with van der Waals surface area (Å²) in [6.07, 6.45) is 8.01. The van der Waals surface area contributed by atoms with Gasteiger partial charge in [-0.3, -0.25) is 14.8 Å². The minimum Gasteiger partial charge on any atom is -0.294 e. The third-order valence-electron chi connectivity index (χ3n) is 5.92. The van der Waals surface area contributed by atoms with Crippen molar-refractivity contribution in [2.75, 3.05) is 0 Å². The first-order chi connectivity index (χ1) is 15.6. The highest BCUT2D eigenvalue weighted by molar-refractivity contribution is 5.97. The van der Waals surface area contributed by atoms with Gasteiger partial charge >= 0.3 is 0 Å². The summed E-state index contributed by atoms with van der Waals surface area (Å²) in [5.74, 6) is -2.30. The van der Waals surface area contributed by atoms with E-state index in [1.807, 2.05) is 24.4 Å². The maximum absolute atomic E-state index is 14.0. The molecule has 2 aromatic heterocycles. The molecule has 32 heavy (non-hydrogen) atoms. The molecule has 5 heteroatoms. The van der Waals surface area contributed by atoms with E-state index in [1.54, 1.807) is 12.4 Å². The molecule has 0 fully saturated rings. The lowest BCUT2D eigenvalue weighted by Crippen LogP contribution is -2.10. The van der Waals surface area contributed by atoms with Crippen LogP contribution in [0, 0.1) is 11.6 Å². The van der Waals surface area contributed by atoms with Crippen LogP contribution in [0.3, 0.4) is 0 Å². The molecule has 0 radical (unpaired) electrons. The van der Waals surface area contributed by atoms with E-state index >= 15 is 0 Å². The number of carbonyl (C=O) groups excluding carboxylic acids is 1. The van der Waals surface area contributed by atoms with Gasteiger partial charge in [0.05, 0.1) is 12.0 Å². The number of rotatable bonds is 4. The molecule has 0 bridgehead atoms. The number of hydrogen-bond acceptors (Lipinski definition) is 3. The molecule has 3 nitrogen and oxygen atoms in total. The van der Waals surface area contributed by atoms with Crippen LogP contribution in [-0.2, 0) is 19.3 Å². The zero-order valence-corrected chi connectivity index (χ0v) is 17.3. The fourth-order valence-corrected chi connectivity index (χ4v) is 4.34. The lowest BCUT2D eigenvalue weighted by Gasteiger charge is -2.13. The monoisotopic (exact) mass is 426 g/mol. The van der Waals surface area contributed by atoms with Crippen LogP contribution in [0.15, 0.2) is 73.2 Å². The van der Waals surface area contributed by atoms with E-state index in [0.29, 0.717) is 5.69 Å². The standard InChI is InChI=1S/C27H20F2N2O/c28-24-7-2-8-25(29)27(24)26(32)14-21-12-19-5-1-4-17-9-10-18(20-6-3-11-30-15-20)13-22(17)23(19)16-31-21/h2-3,6-13,15-16H,1,4-5,14H2. The Kier molecular flexibility index (Phi) is 5.31. The number of halogens is 2. The summed E-state index contributed by atoms with van der Waals surface area (Å²) in [7, 11) is 0. The highest BCUT2D eigenvalue weighted by Crippen LogP contribution is 2.35. The van der Waals surface area contributed by atoms with Crippen molar-refractivity contribution in [1.29, 1.82) is 0 Å². The fraction of sp³-hybridized carbons (Fsp3) is 0.148. The van der Waals surface area contributed by atoms with Gasteiger partial charge in [-0.15, -0.1) is 0 Å². The first kappa shape index (κ1) is 20.2. The molecule has 1 aliphatic carbocycles. The Labute approximate surface area is 184 Å². The molecule has 0 spiro atoms. The molecule has 2 heterocycles. The quantitative estimate of drug-likeness (QED) is 0.376. The number of carbonyl (C=O) groups is 1. The van der Waals surface area contributed by atoms with Crippen LogP contribution < -0.4 is 0 Å². The lowest BCUT2D eigenvalue weighted by atomic mass is 9.93. The van der Waals surface area contributed by atoms with Gasteiger partial charge in [-0.25, -0.2) is 8.78 Å². The van der Waals surface area contributed by atoms with Crippen LogP contribution in [-0.4, -0.2) is 15.8 Å². The predicted molar refractivity (Wildman–Crippen MR) is 119 cm³/mol. The Morgan fingerprint density at radius 3 is 2.44 bits per heavy atom. The van der Waals surface area contributed by atoms with Gasteiger partial charge in [0, 0.05) is 35.4 Å². The average molecular weight is 426 g/mol. The zero-order valence-electron chi connectivity index (χ0n) is 17.3. The SMILES string of the molecule is O=C(Cc1cc2c(cn1)-c1cc(-c3cccnc3)ccc1CCC2)c1c(F)cccc1F. The third-order valence-corrected chi connectivity index (χ3v) is 5.92. The summed E-state index contributed by atoms with van der Waals surface area (Å²) in [6.45, 7) is 0.